The molecule has 0 aliphatic heterocycles. The Bertz CT molecular complexity index is 1510. The predicted molar refractivity (Wildman–Crippen MR) is 120 cm³/mol. The van der Waals surface area contributed by atoms with Crippen LogP contribution >= 0.6 is 0 Å². The zero-order valence-corrected chi connectivity index (χ0v) is 17.4. The number of aromatic amines is 1. The first-order valence-corrected chi connectivity index (χ1v) is 10.1. The van der Waals surface area contributed by atoms with Crippen LogP contribution in [-0.4, -0.2) is 37.0 Å². The van der Waals surface area contributed by atoms with Gasteiger partial charge in [-0.15, -0.1) is 0 Å². The van der Waals surface area contributed by atoms with Crippen LogP contribution in [0.2, 0.25) is 0 Å². The summed E-state index contributed by atoms with van der Waals surface area (Å²) < 4.78 is 28.9. The maximum atomic E-state index is 13.9. The molecule has 11 heteroatoms. The number of anilines is 3. The predicted octanol–water partition coefficient (Wildman–Crippen LogP) is 3.63. The number of nitrogens with zero attached hydrogens (tertiary/aromatic N) is 4. The lowest BCUT2D eigenvalue weighted by Gasteiger charge is -2.08. The van der Waals surface area contributed by atoms with Crippen LogP contribution in [-0.2, 0) is 0 Å². The molecule has 1 amide bonds. The first-order valence-electron chi connectivity index (χ1n) is 10.1. The van der Waals surface area contributed by atoms with Crippen LogP contribution in [0.1, 0.15) is 17.3 Å². The standard InChI is InChI=1S/C22H18F2N8O/c1-2-26-21(33)14-9-32-19(20(25)27-10-28-32)17(14)11-3-5-13(6-4-11)29-22-30-16-8-12(23)7-15(24)18(16)31-22/h3-10H,2H2,1H3,(H,26,33)(H2,25,27,28)(H2,29,30,31). The molecule has 0 atom stereocenters. The van der Waals surface area contributed by atoms with Crippen LogP contribution in [0.25, 0.3) is 27.7 Å². The van der Waals surface area contributed by atoms with Crippen molar-refractivity contribution in [2.24, 2.45) is 0 Å². The molecular formula is C22H18F2N8O. The van der Waals surface area contributed by atoms with E-state index >= 15 is 0 Å². The van der Waals surface area contributed by atoms with Crippen LogP contribution < -0.4 is 16.4 Å². The maximum absolute atomic E-state index is 13.9. The fourth-order valence-electron chi connectivity index (χ4n) is 3.71. The van der Waals surface area contributed by atoms with E-state index < -0.39 is 11.6 Å². The number of carbonyl (C=O) groups excluding carboxylic acids is 1. The quantitative estimate of drug-likeness (QED) is 0.325. The Kier molecular flexibility index (Phi) is 4.85. The third kappa shape index (κ3) is 3.59. The normalized spacial score (nSPS) is 11.2. The molecule has 0 radical (unpaired) electrons. The van der Waals surface area contributed by atoms with Crippen molar-refractivity contribution in [2.75, 3.05) is 17.6 Å². The second kappa shape index (κ2) is 7.86. The molecule has 0 fully saturated rings. The molecule has 5 rings (SSSR count). The van der Waals surface area contributed by atoms with Gasteiger partial charge in [0.15, 0.2) is 11.6 Å². The van der Waals surface area contributed by atoms with E-state index in [9.17, 15) is 13.6 Å². The minimum atomic E-state index is -0.723. The minimum Gasteiger partial charge on any atom is -0.382 e. The molecule has 3 heterocycles. The molecule has 0 aliphatic carbocycles. The molecule has 166 valence electrons. The summed E-state index contributed by atoms with van der Waals surface area (Å²) in [6.07, 6.45) is 2.94. The highest BCUT2D eigenvalue weighted by molar-refractivity contribution is 6.07. The van der Waals surface area contributed by atoms with Gasteiger partial charge in [0.25, 0.3) is 5.91 Å². The summed E-state index contributed by atoms with van der Waals surface area (Å²) in [5.41, 5.74) is 9.28. The highest BCUT2D eigenvalue weighted by Gasteiger charge is 2.21. The summed E-state index contributed by atoms with van der Waals surface area (Å²) in [4.78, 5) is 23.7. The van der Waals surface area contributed by atoms with Gasteiger partial charge in [0.05, 0.1) is 11.1 Å². The Labute approximate surface area is 185 Å². The van der Waals surface area contributed by atoms with E-state index in [1.54, 1.807) is 30.5 Å². The Morgan fingerprint density at radius 2 is 2.00 bits per heavy atom. The Balaban J connectivity index is 1.52. The summed E-state index contributed by atoms with van der Waals surface area (Å²) in [5.74, 6) is -1.17. The summed E-state index contributed by atoms with van der Waals surface area (Å²) in [5, 5.41) is 9.99. The van der Waals surface area contributed by atoms with Crippen LogP contribution in [0.5, 0.6) is 0 Å². The van der Waals surface area contributed by atoms with Crippen molar-refractivity contribution in [1.82, 2.24) is 29.9 Å². The molecule has 0 spiro atoms. The lowest BCUT2D eigenvalue weighted by Crippen LogP contribution is -2.22. The highest BCUT2D eigenvalue weighted by Crippen LogP contribution is 2.33. The number of benzene rings is 2. The first kappa shape index (κ1) is 20.4. The molecule has 0 saturated heterocycles. The topological polar surface area (TPSA) is 126 Å². The van der Waals surface area contributed by atoms with Gasteiger partial charge < -0.3 is 21.4 Å². The Morgan fingerprint density at radius 3 is 2.76 bits per heavy atom. The van der Waals surface area contributed by atoms with Gasteiger partial charge in [-0.25, -0.2) is 23.3 Å². The van der Waals surface area contributed by atoms with Gasteiger partial charge in [-0.2, -0.15) is 5.10 Å². The van der Waals surface area contributed by atoms with E-state index in [4.69, 9.17) is 5.73 Å². The number of carbonyl (C=O) groups is 1. The largest absolute Gasteiger partial charge is 0.382 e. The molecule has 33 heavy (non-hydrogen) atoms. The van der Waals surface area contributed by atoms with Crippen molar-refractivity contribution in [2.45, 2.75) is 6.92 Å². The van der Waals surface area contributed by atoms with Gasteiger partial charge in [0.2, 0.25) is 5.95 Å². The fourth-order valence-corrected chi connectivity index (χ4v) is 3.71. The van der Waals surface area contributed by atoms with Gasteiger partial charge in [-0.1, -0.05) is 12.1 Å². The number of hydrogen-bond donors (Lipinski definition) is 4. The van der Waals surface area contributed by atoms with E-state index in [0.29, 0.717) is 28.9 Å². The van der Waals surface area contributed by atoms with Crippen molar-refractivity contribution in [3.63, 3.8) is 0 Å². The Morgan fingerprint density at radius 1 is 1.21 bits per heavy atom. The van der Waals surface area contributed by atoms with Gasteiger partial charge >= 0.3 is 0 Å². The molecule has 0 unspecified atom stereocenters. The number of imidazole rings is 1. The number of fused-ring (bicyclic) bond motifs is 2. The summed E-state index contributed by atoms with van der Waals surface area (Å²) >= 11 is 0. The van der Waals surface area contributed by atoms with E-state index in [1.807, 2.05) is 6.92 Å². The van der Waals surface area contributed by atoms with Crippen molar-refractivity contribution in [3.8, 4) is 11.1 Å². The zero-order chi connectivity index (χ0) is 23.1. The minimum absolute atomic E-state index is 0.109. The van der Waals surface area contributed by atoms with Crippen molar-refractivity contribution >= 4 is 39.9 Å². The molecule has 3 aromatic heterocycles. The van der Waals surface area contributed by atoms with Gasteiger partial charge in [-0.05, 0) is 24.6 Å². The van der Waals surface area contributed by atoms with Crippen molar-refractivity contribution in [1.29, 1.82) is 0 Å². The third-order valence-corrected chi connectivity index (χ3v) is 5.13. The number of nitrogens with one attached hydrogen (secondary N) is 3. The monoisotopic (exact) mass is 448 g/mol. The lowest BCUT2D eigenvalue weighted by molar-refractivity contribution is 0.0956. The Hall–Kier alpha value is -4.54. The van der Waals surface area contributed by atoms with Crippen molar-refractivity contribution in [3.05, 3.63) is 66.1 Å². The number of halogens is 2. The maximum Gasteiger partial charge on any atom is 0.253 e. The third-order valence-electron chi connectivity index (χ3n) is 5.13. The molecule has 5 N–H and O–H groups in total. The zero-order valence-electron chi connectivity index (χ0n) is 17.4. The fraction of sp³-hybridized carbons (Fsp3) is 0.0909. The van der Waals surface area contributed by atoms with Gasteiger partial charge in [0, 0.05) is 36.1 Å². The number of nitrogen functional groups attached to an aromatic ring is 1. The van der Waals surface area contributed by atoms with E-state index in [0.717, 1.165) is 17.7 Å². The molecular weight excluding hydrogens is 430 g/mol. The highest BCUT2D eigenvalue weighted by atomic mass is 19.1. The molecule has 2 aromatic carbocycles. The number of rotatable bonds is 5. The first-order chi connectivity index (χ1) is 15.9. The number of aromatic nitrogens is 5. The van der Waals surface area contributed by atoms with Gasteiger partial charge in [0.1, 0.15) is 23.2 Å². The van der Waals surface area contributed by atoms with Crippen LogP contribution in [0.4, 0.5) is 26.2 Å². The van der Waals surface area contributed by atoms with E-state index in [2.05, 4.69) is 30.7 Å². The average molecular weight is 448 g/mol. The van der Waals surface area contributed by atoms with Crippen LogP contribution in [0, 0.1) is 11.6 Å². The summed E-state index contributed by atoms with van der Waals surface area (Å²) in [7, 11) is 0. The SMILES string of the molecule is CCNC(=O)c1cn2ncnc(N)c2c1-c1ccc(Nc2nc3cc(F)cc(F)c3[nH]2)cc1. The number of amides is 1. The van der Waals surface area contributed by atoms with E-state index in [-0.39, 0.29) is 28.7 Å². The summed E-state index contributed by atoms with van der Waals surface area (Å²) in [6, 6.07) is 9.08. The number of H-pyrrole nitrogens is 1. The molecule has 0 saturated carbocycles. The van der Waals surface area contributed by atoms with Gasteiger partial charge in [-0.3, -0.25) is 4.79 Å². The number of nitrogens with two attached hydrogens (primary N) is 1. The smallest absolute Gasteiger partial charge is 0.253 e. The van der Waals surface area contributed by atoms with Crippen molar-refractivity contribution < 1.29 is 13.6 Å². The molecule has 0 aliphatic rings. The van der Waals surface area contributed by atoms with E-state index in [1.165, 1.54) is 10.8 Å². The lowest BCUT2D eigenvalue weighted by atomic mass is 10.0. The van der Waals surface area contributed by atoms with Crippen LogP contribution in [0.15, 0.2) is 48.9 Å². The molecule has 0 bridgehead atoms. The number of hydrogen-bond acceptors (Lipinski definition) is 6. The summed E-state index contributed by atoms with van der Waals surface area (Å²) in [6.45, 7) is 2.30. The van der Waals surface area contributed by atoms with Crippen LogP contribution in [0.3, 0.4) is 0 Å². The average Bonchev–Trinajstić information content (AvgIpc) is 3.37. The molecule has 9 nitrogen and oxygen atoms in total. The second-order valence-electron chi connectivity index (χ2n) is 7.29. The molecule has 5 aromatic rings. The second-order valence-corrected chi connectivity index (χ2v) is 7.29.